The zero-order valence-electron chi connectivity index (χ0n) is 27.8. The predicted molar refractivity (Wildman–Crippen MR) is 178 cm³/mol. The van der Waals surface area contributed by atoms with Gasteiger partial charge in [-0.1, -0.05) is 33.1 Å². The number of benzene rings is 2. The molecule has 264 valence electrons. The molecule has 49 heavy (non-hydrogen) atoms. The molecule has 0 N–H and O–H groups in total. The van der Waals surface area contributed by atoms with Crippen LogP contribution >= 0.6 is 0 Å². The van der Waals surface area contributed by atoms with E-state index >= 15 is 0 Å². The fraction of sp³-hybridized carbons (Fsp3) is 0.405. The lowest BCUT2D eigenvalue weighted by atomic mass is 9.83. The SMILES string of the molecule is C=CC(=O)OCCCOc1ccc(C(=O)OC2CCC(OCOc3ccc(OC(=O)C=C)cc3)[C@H](CC)C2)cc1OCCCOC(=O)C=C. The van der Waals surface area contributed by atoms with E-state index in [-0.39, 0.29) is 51.3 Å². The van der Waals surface area contributed by atoms with Crippen molar-refractivity contribution in [2.24, 2.45) is 5.92 Å². The van der Waals surface area contributed by atoms with Crippen LogP contribution in [0.2, 0.25) is 0 Å². The summed E-state index contributed by atoms with van der Waals surface area (Å²) in [4.78, 5) is 47.1. The second-order valence-corrected chi connectivity index (χ2v) is 10.9. The van der Waals surface area contributed by atoms with Gasteiger partial charge in [0.15, 0.2) is 18.3 Å². The third-order valence-electron chi connectivity index (χ3n) is 7.47. The first kappa shape index (κ1) is 38.3. The molecule has 3 rings (SSSR count). The summed E-state index contributed by atoms with van der Waals surface area (Å²) in [6, 6.07) is 11.4. The molecule has 2 aromatic rings. The van der Waals surface area contributed by atoms with E-state index in [9.17, 15) is 19.2 Å². The monoisotopic (exact) mass is 680 g/mol. The lowest BCUT2D eigenvalue weighted by Crippen LogP contribution is -2.36. The summed E-state index contributed by atoms with van der Waals surface area (Å²) in [5.74, 6) is -0.240. The van der Waals surface area contributed by atoms with Gasteiger partial charge in [0.1, 0.15) is 17.6 Å². The molecule has 0 spiro atoms. The Bertz CT molecular complexity index is 1420. The molecule has 0 amide bonds. The molecule has 1 aliphatic carbocycles. The first-order valence-electron chi connectivity index (χ1n) is 16.1. The van der Waals surface area contributed by atoms with Gasteiger partial charge in [0.2, 0.25) is 0 Å². The number of carbonyl (C=O) groups excluding carboxylic acids is 4. The predicted octanol–water partition coefficient (Wildman–Crippen LogP) is 5.93. The van der Waals surface area contributed by atoms with E-state index in [0.717, 1.165) is 24.6 Å². The molecule has 2 aromatic carbocycles. The Morgan fingerprint density at radius 3 is 1.96 bits per heavy atom. The minimum atomic E-state index is -0.540. The first-order chi connectivity index (χ1) is 23.8. The van der Waals surface area contributed by atoms with Gasteiger partial charge < -0.3 is 37.9 Å². The van der Waals surface area contributed by atoms with Crippen LogP contribution < -0.4 is 18.9 Å². The Balaban J connectivity index is 1.52. The van der Waals surface area contributed by atoms with E-state index < -0.39 is 23.9 Å². The number of rotatable bonds is 21. The summed E-state index contributed by atoms with van der Waals surface area (Å²) in [6.07, 6.45) is 6.54. The van der Waals surface area contributed by atoms with Crippen molar-refractivity contribution in [1.29, 1.82) is 0 Å². The molecule has 0 radical (unpaired) electrons. The van der Waals surface area contributed by atoms with Gasteiger partial charge in [0.25, 0.3) is 0 Å². The largest absolute Gasteiger partial charge is 0.490 e. The van der Waals surface area contributed by atoms with Crippen molar-refractivity contribution in [2.45, 2.75) is 57.7 Å². The highest BCUT2D eigenvalue weighted by molar-refractivity contribution is 5.90. The first-order valence-corrected chi connectivity index (χ1v) is 16.1. The summed E-state index contributed by atoms with van der Waals surface area (Å²) in [5.41, 5.74) is 0.297. The Hall–Kier alpha value is -5.10. The van der Waals surface area contributed by atoms with E-state index in [1.807, 2.05) is 0 Å². The Morgan fingerprint density at radius 2 is 1.35 bits per heavy atom. The number of hydrogen-bond donors (Lipinski definition) is 0. The minimum Gasteiger partial charge on any atom is -0.490 e. The maximum absolute atomic E-state index is 13.2. The van der Waals surface area contributed by atoms with Crippen molar-refractivity contribution < 1.29 is 57.1 Å². The van der Waals surface area contributed by atoms with E-state index in [4.69, 9.17) is 37.9 Å². The Kier molecular flexibility index (Phi) is 16.4. The van der Waals surface area contributed by atoms with Crippen LogP contribution in [0.25, 0.3) is 0 Å². The summed E-state index contributed by atoms with van der Waals surface area (Å²) in [6.45, 7) is 12.9. The van der Waals surface area contributed by atoms with E-state index in [0.29, 0.717) is 60.7 Å². The number of esters is 4. The molecule has 1 fully saturated rings. The van der Waals surface area contributed by atoms with Gasteiger partial charge in [-0.2, -0.15) is 0 Å². The molecule has 0 aliphatic heterocycles. The minimum absolute atomic E-state index is 0.0469. The molecule has 0 bridgehead atoms. The third-order valence-corrected chi connectivity index (χ3v) is 7.47. The second kappa shape index (κ2) is 21.0. The molecule has 12 heteroatoms. The summed E-state index contributed by atoms with van der Waals surface area (Å²) in [5, 5.41) is 0. The maximum Gasteiger partial charge on any atom is 0.338 e. The van der Waals surface area contributed by atoms with Crippen molar-refractivity contribution in [2.75, 3.05) is 33.2 Å². The molecule has 1 aliphatic rings. The molecule has 0 heterocycles. The topological polar surface area (TPSA) is 142 Å². The lowest BCUT2D eigenvalue weighted by molar-refractivity contribution is -0.138. The van der Waals surface area contributed by atoms with Crippen LogP contribution in [-0.4, -0.2) is 69.3 Å². The van der Waals surface area contributed by atoms with Crippen LogP contribution in [0.5, 0.6) is 23.0 Å². The van der Waals surface area contributed by atoms with Gasteiger partial charge in [-0.15, -0.1) is 0 Å². The van der Waals surface area contributed by atoms with Gasteiger partial charge in [0, 0.05) is 31.1 Å². The molecule has 1 saturated carbocycles. The molecular formula is C37H44O12. The van der Waals surface area contributed by atoms with E-state index in [1.54, 1.807) is 42.5 Å². The van der Waals surface area contributed by atoms with E-state index in [1.165, 1.54) is 0 Å². The van der Waals surface area contributed by atoms with Gasteiger partial charge in [-0.25, -0.2) is 19.2 Å². The summed E-state index contributed by atoms with van der Waals surface area (Å²) < 4.78 is 44.4. The van der Waals surface area contributed by atoms with Gasteiger partial charge in [-0.05, 0) is 67.6 Å². The number of carbonyl (C=O) groups is 4. The van der Waals surface area contributed by atoms with E-state index in [2.05, 4.69) is 26.7 Å². The van der Waals surface area contributed by atoms with Crippen molar-refractivity contribution in [3.05, 3.63) is 86.0 Å². The van der Waals surface area contributed by atoms with Crippen molar-refractivity contribution >= 4 is 23.9 Å². The van der Waals surface area contributed by atoms with Gasteiger partial charge in [0.05, 0.1) is 38.1 Å². The smallest absolute Gasteiger partial charge is 0.338 e. The standard InChI is InChI=1S/C37H44O12/c1-5-26-23-30(16-18-31(26)47-25-46-28-12-14-29(15-13-28)48-36(40)8-4)49-37(41)27-11-17-32(42-19-9-21-44-34(38)6-2)33(24-27)43-20-10-22-45-35(39)7-3/h6-8,11-15,17,24,26,30-31H,2-5,9-10,16,18-23,25H2,1H3/t26-,30?,31?/m1/s1. The fourth-order valence-corrected chi connectivity index (χ4v) is 4.93. The van der Waals surface area contributed by atoms with Gasteiger partial charge >= 0.3 is 23.9 Å². The average Bonchev–Trinajstić information content (AvgIpc) is 3.12. The number of hydrogen-bond acceptors (Lipinski definition) is 12. The third kappa shape index (κ3) is 13.5. The molecule has 12 nitrogen and oxygen atoms in total. The van der Waals surface area contributed by atoms with Crippen molar-refractivity contribution in [1.82, 2.24) is 0 Å². The number of ether oxygens (including phenoxy) is 8. The molecular weight excluding hydrogens is 636 g/mol. The summed E-state index contributed by atoms with van der Waals surface area (Å²) in [7, 11) is 0. The highest BCUT2D eigenvalue weighted by Gasteiger charge is 2.32. The average molecular weight is 681 g/mol. The second-order valence-electron chi connectivity index (χ2n) is 10.9. The lowest BCUT2D eigenvalue weighted by Gasteiger charge is -2.35. The summed E-state index contributed by atoms with van der Waals surface area (Å²) >= 11 is 0. The zero-order chi connectivity index (χ0) is 35.4. The Labute approximate surface area is 286 Å². The zero-order valence-corrected chi connectivity index (χ0v) is 27.8. The molecule has 0 saturated heterocycles. The molecule has 0 aromatic heterocycles. The highest BCUT2D eigenvalue weighted by atomic mass is 16.7. The molecule has 3 atom stereocenters. The van der Waals surface area contributed by atoms with Gasteiger partial charge in [-0.3, -0.25) is 0 Å². The molecule has 2 unspecified atom stereocenters. The Morgan fingerprint density at radius 1 is 0.735 bits per heavy atom. The van der Waals surface area contributed by atoms with Crippen LogP contribution in [0.1, 0.15) is 55.8 Å². The maximum atomic E-state index is 13.2. The van der Waals surface area contributed by atoms with Crippen LogP contribution in [0.3, 0.4) is 0 Å². The van der Waals surface area contributed by atoms with Crippen molar-refractivity contribution in [3.8, 4) is 23.0 Å². The highest BCUT2D eigenvalue weighted by Crippen LogP contribution is 2.33. The fourth-order valence-electron chi connectivity index (χ4n) is 4.93. The van der Waals surface area contributed by atoms with Crippen LogP contribution in [-0.2, 0) is 33.3 Å². The quantitative estimate of drug-likeness (QED) is 0.0385. The van der Waals surface area contributed by atoms with Crippen LogP contribution in [0, 0.1) is 5.92 Å². The van der Waals surface area contributed by atoms with Crippen molar-refractivity contribution in [3.63, 3.8) is 0 Å². The van der Waals surface area contributed by atoms with Crippen LogP contribution in [0.15, 0.2) is 80.4 Å². The normalized spacial score (nSPS) is 16.7. The van der Waals surface area contributed by atoms with Crippen LogP contribution in [0.4, 0.5) is 0 Å².